The summed E-state index contributed by atoms with van der Waals surface area (Å²) in [6.07, 6.45) is 5.51. The zero-order valence-electron chi connectivity index (χ0n) is 13.4. The van der Waals surface area contributed by atoms with Crippen LogP contribution in [0.5, 0.6) is 0 Å². The van der Waals surface area contributed by atoms with E-state index >= 15 is 0 Å². The number of rotatable bonds is 5. The maximum atomic E-state index is 5.86. The molecule has 4 rings (SSSR count). The SMILES string of the molecule is c1ccc2c(c1)[nH]c1cccc(CCCOC3CCCCO3)c12. The molecular weight excluding hydrogens is 286 g/mol. The van der Waals surface area contributed by atoms with E-state index in [2.05, 4.69) is 47.4 Å². The van der Waals surface area contributed by atoms with Gasteiger partial charge in [0.1, 0.15) is 0 Å². The van der Waals surface area contributed by atoms with Crippen molar-refractivity contribution in [3.05, 3.63) is 48.0 Å². The van der Waals surface area contributed by atoms with Gasteiger partial charge < -0.3 is 14.5 Å². The molecule has 0 aliphatic carbocycles. The Balaban J connectivity index is 1.46. The smallest absolute Gasteiger partial charge is 0.157 e. The van der Waals surface area contributed by atoms with Crippen molar-refractivity contribution in [2.75, 3.05) is 13.2 Å². The molecule has 1 saturated heterocycles. The summed E-state index contributed by atoms with van der Waals surface area (Å²) >= 11 is 0. The predicted molar refractivity (Wildman–Crippen MR) is 93.7 cm³/mol. The molecule has 1 aromatic heterocycles. The number of aromatic amines is 1. The monoisotopic (exact) mass is 309 g/mol. The van der Waals surface area contributed by atoms with Crippen molar-refractivity contribution in [3.8, 4) is 0 Å². The molecular formula is C20H23NO2. The Kier molecular flexibility index (Phi) is 4.31. The van der Waals surface area contributed by atoms with Crippen LogP contribution in [-0.2, 0) is 15.9 Å². The second-order valence-electron chi connectivity index (χ2n) is 6.28. The fourth-order valence-electron chi connectivity index (χ4n) is 3.51. The van der Waals surface area contributed by atoms with Gasteiger partial charge in [-0.05, 0) is 49.8 Å². The normalized spacial score (nSPS) is 18.7. The molecule has 2 aromatic carbocycles. The molecule has 0 saturated carbocycles. The Bertz CT molecular complexity index is 787. The first-order valence-corrected chi connectivity index (χ1v) is 8.63. The second-order valence-corrected chi connectivity index (χ2v) is 6.28. The van der Waals surface area contributed by atoms with Crippen LogP contribution in [0.1, 0.15) is 31.2 Å². The van der Waals surface area contributed by atoms with Crippen LogP contribution in [0, 0.1) is 0 Å². The number of ether oxygens (including phenoxy) is 2. The summed E-state index contributed by atoms with van der Waals surface area (Å²) in [5.41, 5.74) is 3.83. The van der Waals surface area contributed by atoms with Crippen LogP contribution in [0.25, 0.3) is 21.8 Å². The molecule has 0 radical (unpaired) electrons. The molecule has 1 N–H and O–H groups in total. The van der Waals surface area contributed by atoms with Crippen LogP contribution in [0.3, 0.4) is 0 Å². The third-order valence-electron chi connectivity index (χ3n) is 4.65. The molecule has 3 aromatic rings. The van der Waals surface area contributed by atoms with E-state index in [0.717, 1.165) is 32.5 Å². The van der Waals surface area contributed by atoms with Crippen LogP contribution >= 0.6 is 0 Å². The Morgan fingerprint density at radius 2 is 1.96 bits per heavy atom. The maximum absolute atomic E-state index is 5.86. The number of aromatic nitrogens is 1. The molecule has 3 heteroatoms. The third-order valence-corrected chi connectivity index (χ3v) is 4.65. The van der Waals surface area contributed by atoms with Crippen LogP contribution < -0.4 is 0 Å². The molecule has 120 valence electrons. The minimum Gasteiger partial charge on any atom is -0.355 e. The van der Waals surface area contributed by atoms with Gasteiger partial charge in [0.25, 0.3) is 0 Å². The highest BCUT2D eigenvalue weighted by molar-refractivity contribution is 6.08. The molecule has 0 bridgehead atoms. The van der Waals surface area contributed by atoms with Gasteiger partial charge >= 0.3 is 0 Å². The number of benzene rings is 2. The zero-order chi connectivity index (χ0) is 15.5. The molecule has 2 heterocycles. The predicted octanol–water partition coefficient (Wildman–Crippen LogP) is 4.80. The van der Waals surface area contributed by atoms with Gasteiger partial charge in [-0.25, -0.2) is 0 Å². The van der Waals surface area contributed by atoms with Gasteiger partial charge in [0.05, 0.1) is 6.61 Å². The summed E-state index contributed by atoms with van der Waals surface area (Å²) in [4.78, 5) is 3.51. The lowest BCUT2D eigenvalue weighted by Crippen LogP contribution is -2.22. The molecule has 0 spiro atoms. The Morgan fingerprint density at radius 1 is 1.04 bits per heavy atom. The van der Waals surface area contributed by atoms with Crippen LogP contribution in [-0.4, -0.2) is 24.5 Å². The van der Waals surface area contributed by atoms with Gasteiger partial charge in [-0.1, -0.05) is 30.3 Å². The Morgan fingerprint density at radius 3 is 2.87 bits per heavy atom. The van der Waals surface area contributed by atoms with E-state index in [9.17, 15) is 0 Å². The maximum Gasteiger partial charge on any atom is 0.157 e. The summed E-state index contributed by atoms with van der Waals surface area (Å²) in [6.45, 7) is 1.61. The van der Waals surface area contributed by atoms with Crippen LogP contribution in [0.4, 0.5) is 0 Å². The highest BCUT2D eigenvalue weighted by Crippen LogP contribution is 2.29. The van der Waals surface area contributed by atoms with Gasteiger partial charge in [-0.2, -0.15) is 0 Å². The van der Waals surface area contributed by atoms with Crippen molar-refractivity contribution in [2.24, 2.45) is 0 Å². The van der Waals surface area contributed by atoms with Gasteiger partial charge in [-0.15, -0.1) is 0 Å². The fraction of sp³-hybridized carbons (Fsp3) is 0.400. The Hall–Kier alpha value is -1.84. The standard InChI is InChI=1S/C20H23NO2/c1-2-10-17-16(9-1)20-15(7-5-11-18(20)21-17)8-6-14-23-19-12-3-4-13-22-19/h1-2,5,7,9-11,19,21H,3-4,6,8,12-14H2. The summed E-state index contributed by atoms with van der Waals surface area (Å²) in [7, 11) is 0. The van der Waals surface area contributed by atoms with E-state index in [-0.39, 0.29) is 6.29 Å². The van der Waals surface area contributed by atoms with Crippen LogP contribution in [0.2, 0.25) is 0 Å². The van der Waals surface area contributed by atoms with E-state index in [0.29, 0.717) is 0 Å². The first-order valence-electron chi connectivity index (χ1n) is 8.63. The minimum absolute atomic E-state index is 0.0210. The van der Waals surface area contributed by atoms with E-state index < -0.39 is 0 Å². The lowest BCUT2D eigenvalue weighted by molar-refractivity contribution is -0.162. The molecule has 1 atom stereocenters. The van der Waals surface area contributed by atoms with Crippen molar-refractivity contribution in [1.29, 1.82) is 0 Å². The first kappa shape index (κ1) is 14.7. The van der Waals surface area contributed by atoms with E-state index in [1.165, 1.54) is 40.2 Å². The lowest BCUT2D eigenvalue weighted by Gasteiger charge is -2.22. The number of aryl methyl sites for hydroxylation is 1. The minimum atomic E-state index is 0.0210. The Labute approximate surface area is 136 Å². The molecule has 1 unspecified atom stereocenters. The van der Waals surface area contributed by atoms with Gasteiger partial charge in [0, 0.05) is 28.4 Å². The summed E-state index contributed by atoms with van der Waals surface area (Å²) in [5.74, 6) is 0. The van der Waals surface area contributed by atoms with Crippen molar-refractivity contribution in [2.45, 2.75) is 38.4 Å². The van der Waals surface area contributed by atoms with Crippen molar-refractivity contribution in [1.82, 2.24) is 4.98 Å². The topological polar surface area (TPSA) is 34.2 Å². The van der Waals surface area contributed by atoms with Crippen molar-refractivity contribution >= 4 is 21.8 Å². The molecule has 0 amide bonds. The summed E-state index contributed by atoms with van der Waals surface area (Å²) in [6, 6.07) is 15.1. The van der Waals surface area contributed by atoms with Crippen molar-refractivity contribution in [3.63, 3.8) is 0 Å². The fourth-order valence-corrected chi connectivity index (χ4v) is 3.51. The highest BCUT2D eigenvalue weighted by Gasteiger charge is 2.14. The first-order chi connectivity index (χ1) is 11.4. The second kappa shape index (κ2) is 6.73. The summed E-state index contributed by atoms with van der Waals surface area (Å²) in [5, 5.41) is 2.67. The zero-order valence-corrected chi connectivity index (χ0v) is 13.4. The molecule has 3 nitrogen and oxygen atoms in total. The number of hydrogen-bond acceptors (Lipinski definition) is 2. The van der Waals surface area contributed by atoms with E-state index in [4.69, 9.17) is 9.47 Å². The largest absolute Gasteiger partial charge is 0.355 e. The lowest BCUT2D eigenvalue weighted by atomic mass is 10.0. The van der Waals surface area contributed by atoms with E-state index in [1.54, 1.807) is 0 Å². The number of nitrogens with one attached hydrogen (secondary N) is 1. The molecule has 1 aliphatic heterocycles. The quantitative estimate of drug-likeness (QED) is 0.687. The number of para-hydroxylation sites is 1. The summed E-state index contributed by atoms with van der Waals surface area (Å²) < 4.78 is 11.5. The molecule has 23 heavy (non-hydrogen) atoms. The van der Waals surface area contributed by atoms with Crippen LogP contribution in [0.15, 0.2) is 42.5 Å². The number of H-pyrrole nitrogens is 1. The van der Waals surface area contributed by atoms with Gasteiger partial charge in [0.2, 0.25) is 0 Å². The number of hydrogen-bond donors (Lipinski definition) is 1. The van der Waals surface area contributed by atoms with Gasteiger partial charge in [-0.3, -0.25) is 0 Å². The number of fused-ring (bicyclic) bond motifs is 3. The van der Waals surface area contributed by atoms with Crippen molar-refractivity contribution < 1.29 is 9.47 Å². The molecule has 1 fully saturated rings. The van der Waals surface area contributed by atoms with E-state index in [1.807, 2.05) is 0 Å². The van der Waals surface area contributed by atoms with Gasteiger partial charge in [0.15, 0.2) is 6.29 Å². The molecule has 1 aliphatic rings. The average molecular weight is 309 g/mol. The average Bonchev–Trinajstić information content (AvgIpc) is 2.99. The third kappa shape index (κ3) is 3.12. The highest BCUT2D eigenvalue weighted by atomic mass is 16.7.